The Morgan fingerprint density at radius 3 is 2.57 bits per heavy atom. The predicted octanol–water partition coefficient (Wildman–Crippen LogP) is 3.22. The lowest BCUT2D eigenvalue weighted by Crippen LogP contribution is -2.32. The van der Waals surface area contributed by atoms with E-state index in [9.17, 15) is 9.59 Å². The van der Waals surface area contributed by atoms with Gasteiger partial charge in [0.2, 0.25) is 11.8 Å². The molecular weight excluding hydrogens is 376 g/mol. The summed E-state index contributed by atoms with van der Waals surface area (Å²) in [4.78, 5) is 26.7. The van der Waals surface area contributed by atoms with Crippen LogP contribution in [0, 0.1) is 19.8 Å². The summed E-state index contributed by atoms with van der Waals surface area (Å²) >= 11 is 0. The van der Waals surface area contributed by atoms with Crippen LogP contribution in [0.3, 0.4) is 0 Å². The molecule has 30 heavy (non-hydrogen) atoms. The third-order valence-corrected chi connectivity index (χ3v) is 5.46. The van der Waals surface area contributed by atoms with Gasteiger partial charge in [0.25, 0.3) is 0 Å². The normalized spacial score (nSPS) is 16.1. The van der Waals surface area contributed by atoms with Crippen molar-refractivity contribution >= 4 is 17.5 Å². The molecule has 1 aliphatic rings. The van der Waals surface area contributed by atoms with Crippen molar-refractivity contribution in [3.8, 4) is 0 Å². The predicted molar refractivity (Wildman–Crippen MR) is 116 cm³/mol. The highest BCUT2D eigenvalue weighted by Crippen LogP contribution is 2.25. The van der Waals surface area contributed by atoms with Gasteiger partial charge in [0.15, 0.2) is 0 Å². The van der Waals surface area contributed by atoms with Crippen LogP contribution in [0.4, 0.5) is 5.69 Å². The van der Waals surface area contributed by atoms with E-state index < -0.39 is 0 Å². The van der Waals surface area contributed by atoms with Gasteiger partial charge in [-0.2, -0.15) is 5.10 Å². The Bertz CT molecular complexity index is 1060. The van der Waals surface area contributed by atoms with E-state index in [1.54, 1.807) is 4.90 Å². The van der Waals surface area contributed by atoms with Gasteiger partial charge in [-0.3, -0.25) is 14.3 Å². The molecule has 1 fully saturated rings. The zero-order chi connectivity index (χ0) is 21.1. The van der Waals surface area contributed by atoms with E-state index in [0.717, 1.165) is 28.2 Å². The topological polar surface area (TPSA) is 67.2 Å². The molecule has 1 unspecified atom stereocenters. The summed E-state index contributed by atoms with van der Waals surface area (Å²) in [7, 11) is 0. The molecule has 0 radical (unpaired) electrons. The second kappa shape index (κ2) is 8.53. The minimum atomic E-state index is -0.324. The standard InChI is InChI=1S/C24H26N4O2/c1-17-11-18(2)28(26-17)15-20-8-6-7-19(12-20)14-25-24(30)21-13-23(29)27(16-21)22-9-4-3-5-10-22/h3-12,21H,13-16H2,1-2H3,(H,25,30). The largest absolute Gasteiger partial charge is 0.352 e. The smallest absolute Gasteiger partial charge is 0.227 e. The van der Waals surface area contributed by atoms with E-state index in [-0.39, 0.29) is 24.2 Å². The van der Waals surface area contributed by atoms with Gasteiger partial charge in [-0.25, -0.2) is 0 Å². The Kier molecular flexibility index (Phi) is 5.65. The van der Waals surface area contributed by atoms with Gasteiger partial charge < -0.3 is 10.2 Å². The van der Waals surface area contributed by atoms with Crippen LogP contribution in [-0.4, -0.2) is 28.1 Å². The zero-order valence-corrected chi connectivity index (χ0v) is 17.3. The Balaban J connectivity index is 1.35. The van der Waals surface area contributed by atoms with Crippen molar-refractivity contribution in [2.75, 3.05) is 11.4 Å². The molecule has 1 aromatic heterocycles. The number of hydrogen-bond acceptors (Lipinski definition) is 3. The lowest BCUT2D eigenvalue weighted by molar-refractivity contribution is -0.126. The third kappa shape index (κ3) is 4.43. The first kappa shape index (κ1) is 19.9. The average Bonchev–Trinajstić information content (AvgIpc) is 3.28. The molecular formula is C24H26N4O2. The number of carbonyl (C=O) groups excluding carboxylic acids is 2. The van der Waals surface area contributed by atoms with Gasteiger partial charge >= 0.3 is 0 Å². The number of rotatable bonds is 6. The number of nitrogens with zero attached hydrogens (tertiary/aromatic N) is 3. The van der Waals surface area contributed by atoms with Gasteiger partial charge in [0.1, 0.15) is 0 Å². The Morgan fingerprint density at radius 1 is 1.07 bits per heavy atom. The van der Waals surface area contributed by atoms with Crippen molar-refractivity contribution in [3.05, 3.63) is 83.2 Å². The van der Waals surface area contributed by atoms with Gasteiger partial charge in [0, 0.05) is 30.9 Å². The molecule has 0 aliphatic carbocycles. The van der Waals surface area contributed by atoms with Crippen LogP contribution < -0.4 is 10.2 Å². The van der Waals surface area contributed by atoms with Gasteiger partial charge in [-0.1, -0.05) is 42.5 Å². The number of amides is 2. The first-order valence-corrected chi connectivity index (χ1v) is 10.2. The summed E-state index contributed by atoms with van der Waals surface area (Å²) in [5.41, 5.74) is 5.15. The van der Waals surface area contributed by atoms with Crippen molar-refractivity contribution in [2.45, 2.75) is 33.4 Å². The number of anilines is 1. The summed E-state index contributed by atoms with van der Waals surface area (Å²) in [6.45, 7) is 5.60. The highest BCUT2D eigenvalue weighted by molar-refractivity contribution is 6.00. The fraction of sp³-hybridized carbons (Fsp3) is 0.292. The Labute approximate surface area is 176 Å². The molecule has 6 heteroatoms. The highest BCUT2D eigenvalue weighted by atomic mass is 16.2. The molecule has 2 aromatic carbocycles. The van der Waals surface area contributed by atoms with E-state index in [1.165, 1.54) is 0 Å². The maximum Gasteiger partial charge on any atom is 0.227 e. The summed E-state index contributed by atoms with van der Waals surface area (Å²) in [6.07, 6.45) is 0.249. The number of aryl methyl sites for hydroxylation is 2. The van der Waals surface area contributed by atoms with E-state index in [1.807, 2.05) is 61.0 Å². The summed E-state index contributed by atoms with van der Waals surface area (Å²) in [6, 6.07) is 19.7. The minimum Gasteiger partial charge on any atom is -0.352 e. The number of benzene rings is 2. The first-order chi connectivity index (χ1) is 14.5. The fourth-order valence-corrected chi connectivity index (χ4v) is 3.92. The van der Waals surface area contributed by atoms with Crippen LogP contribution in [0.2, 0.25) is 0 Å². The van der Waals surface area contributed by atoms with E-state index in [2.05, 4.69) is 28.6 Å². The molecule has 2 amide bonds. The van der Waals surface area contributed by atoms with E-state index in [0.29, 0.717) is 19.6 Å². The molecule has 1 atom stereocenters. The molecule has 0 saturated carbocycles. The third-order valence-electron chi connectivity index (χ3n) is 5.46. The maximum absolute atomic E-state index is 12.7. The number of para-hydroxylation sites is 1. The highest BCUT2D eigenvalue weighted by Gasteiger charge is 2.34. The quantitative estimate of drug-likeness (QED) is 0.688. The summed E-state index contributed by atoms with van der Waals surface area (Å²) in [5.74, 6) is -0.408. The molecule has 1 saturated heterocycles. The van der Waals surface area contributed by atoms with Crippen molar-refractivity contribution in [1.29, 1.82) is 0 Å². The fourth-order valence-electron chi connectivity index (χ4n) is 3.92. The monoisotopic (exact) mass is 402 g/mol. The molecule has 1 aliphatic heterocycles. The van der Waals surface area contributed by atoms with Gasteiger partial charge in [-0.05, 0) is 43.2 Å². The number of carbonyl (C=O) groups is 2. The Hall–Kier alpha value is -3.41. The van der Waals surface area contributed by atoms with Gasteiger partial charge in [-0.15, -0.1) is 0 Å². The number of nitrogens with one attached hydrogen (secondary N) is 1. The maximum atomic E-state index is 12.7. The number of hydrogen-bond donors (Lipinski definition) is 1. The van der Waals surface area contributed by atoms with Crippen molar-refractivity contribution < 1.29 is 9.59 Å². The summed E-state index contributed by atoms with van der Waals surface area (Å²) in [5, 5.41) is 7.51. The van der Waals surface area contributed by atoms with Gasteiger partial charge in [0.05, 0.1) is 18.2 Å². The van der Waals surface area contributed by atoms with Crippen molar-refractivity contribution in [1.82, 2.24) is 15.1 Å². The number of aromatic nitrogens is 2. The Morgan fingerprint density at radius 2 is 1.83 bits per heavy atom. The van der Waals surface area contributed by atoms with Crippen LogP contribution in [0.25, 0.3) is 0 Å². The summed E-state index contributed by atoms with van der Waals surface area (Å²) < 4.78 is 1.98. The lowest BCUT2D eigenvalue weighted by Gasteiger charge is -2.16. The zero-order valence-electron chi connectivity index (χ0n) is 17.3. The van der Waals surface area contributed by atoms with Crippen LogP contribution in [-0.2, 0) is 22.7 Å². The van der Waals surface area contributed by atoms with Crippen LogP contribution in [0.5, 0.6) is 0 Å². The van der Waals surface area contributed by atoms with Crippen LogP contribution >= 0.6 is 0 Å². The second-order valence-electron chi connectivity index (χ2n) is 7.86. The molecule has 1 N–H and O–H groups in total. The molecule has 0 spiro atoms. The average molecular weight is 402 g/mol. The van der Waals surface area contributed by atoms with E-state index >= 15 is 0 Å². The molecule has 6 nitrogen and oxygen atoms in total. The molecule has 0 bridgehead atoms. The molecule has 3 aromatic rings. The molecule has 4 rings (SSSR count). The van der Waals surface area contributed by atoms with Crippen molar-refractivity contribution in [2.24, 2.45) is 5.92 Å². The van der Waals surface area contributed by atoms with E-state index in [4.69, 9.17) is 0 Å². The second-order valence-corrected chi connectivity index (χ2v) is 7.86. The molecule has 154 valence electrons. The van der Waals surface area contributed by atoms with Crippen LogP contribution in [0.1, 0.15) is 28.9 Å². The SMILES string of the molecule is Cc1cc(C)n(Cc2cccc(CNC(=O)C3CC(=O)N(c4ccccc4)C3)c2)n1. The van der Waals surface area contributed by atoms with Crippen LogP contribution in [0.15, 0.2) is 60.7 Å². The lowest BCUT2D eigenvalue weighted by atomic mass is 10.1. The minimum absolute atomic E-state index is 0.00627. The van der Waals surface area contributed by atoms with Crippen molar-refractivity contribution in [3.63, 3.8) is 0 Å². The first-order valence-electron chi connectivity index (χ1n) is 10.2. The molecule has 2 heterocycles.